The normalized spacial score (nSPS) is 11.2. The standard InChI is InChI=1S/C20H17F3N2OS.ClH/c21-20(22,23)17-10-15(13-5-2-1-3-6-13)9-16(11-24)18(17)27-19-14(12-26)7-4-8-25-19;/h1-10,26H,11-12,24H2;1H. The lowest BCUT2D eigenvalue weighted by molar-refractivity contribution is -0.139. The van der Waals surface area contributed by atoms with Crippen molar-refractivity contribution < 1.29 is 18.3 Å². The minimum Gasteiger partial charge on any atom is -0.392 e. The summed E-state index contributed by atoms with van der Waals surface area (Å²) < 4.78 is 41.5. The molecule has 0 aliphatic carbocycles. The molecule has 1 heterocycles. The molecule has 0 amide bonds. The van der Waals surface area contributed by atoms with Crippen LogP contribution in [0.3, 0.4) is 0 Å². The highest BCUT2D eigenvalue weighted by Crippen LogP contribution is 2.43. The van der Waals surface area contributed by atoms with Crippen LogP contribution in [0, 0.1) is 0 Å². The van der Waals surface area contributed by atoms with Crippen molar-refractivity contribution in [3.05, 3.63) is 77.5 Å². The fourth-order valence-corrected chi connectivity index (χ4v) is 3.83. The molecule has 28 heavy (non-hydrogen) atoms. The second kappa shape index (κ2) is 9.43. The number of hydrogen-bond donors (Lipinski definition) is 2. The summed E-state index contributed by atoms with van der Waals surface area (Å²) in [5.74, 6) is 0. The number of aliphatic hydroxyl groups excluding tert-OH is 1. The van der Waals surface area contributed by atoms with Crippen LogP contribution in [0.2, 0.25) is 0 Å². The molecule has 0 spiro atoms. The highest BCUT2D eigenvalue weighted by atomic mass is 35.5. The van der Waals surface area contributed by atoms with Gasteiger partial charge in [-0.15, -0.1) is 12.4 Å². The van der Waals surface area contributed by atoms with E-state index in [-0.39, 0.29) is 30.5 Å². The van der Waals surface area contributed by atoms with E-state index in [9.17, 15) is 18.3 Å². The zero-order chi connectivity index (χ0) is 19.4. The van der Waals surface area contributed by atoms with Crippen LogP contribution in [0.25, 0.3) is 11.1 Å². The van der Waals surface area contributed by atoms with E-state index in [1.54, 1.807) is 48.5 Å². The van der Waals surface area contributed by atoms with E-state index in [1.165, 1.54) is 6.20 Å². The molecular formula is C20H18ClF3N2OS. The number of pyridine rings is 1. The van der Waals surface area contributed by atoms with Crippen molar-refractivity contribution in [1.82, 2.24) is 4.98 Å². The summed E-state index contributed by atoms with van der Waals surface area (Å²) in [5.41, 5.74) is 7.00. The lowest BCUT2D eigenvalue weighted by atomic mass is 9.99. The first-order valence-electron chi connectivity index (χ1n) is 8.16. The highest BCUT2D eigenvalue weighted by molar-refractivity contribution is 7.99. The first-order valence-corrected chi connectivity index (χ1v) is 8.98. The molecule has 0 saturated heterocycles. The Labute approximate surface area is 171 Å². The smallest absolute Gasteiger partial charge is 0.392 e. The third kappa shape index (κ3) is 4.86. The highest BCUT2D eigenvalue weighted by Gasteiger charge is 2.35. The molecule has 3 N–H and O–H groups in total. The maximum absolute atomic E-state index is 13.8. The number of aliphatic hydroxyl groups is 1. The van der Waals surface area contributed by atoms with Crippen LogP contribution >= 0.6 is 24.2 Å². The molecular weight excluding hydrogens is 409 g/mol. The molecule has 0 saturated carbocycles. The molecule has 1 aromatic heterocycles. The Morgan fingerprint density at radius 3 is 2.29 bits per heavy atom. The van der Waals surface area contributed by atoms with Gasteiger partial charge >= 0.3 is 6.18 Å². The van der Waals surface area contributed by atoms with E-state index in [2.05, 4.69) is 4.98 Å². The molecule has 0 atom stereocenters. The van der Waals surface area contributed by atoms with Crippen molar-refractivity contribution in [1.29, 1.82) is 0 Å². The van der Waals surface area contributed by atoms with Crippen LogP contribution in [0.1, 0.15) is 16.7 Å². The first kappa shape index (κ1) is 22.2. The van der Waals surface area contributed by atoms with Gasteiger partial charge in [0.05, 0.1) is 12.2 Å². The van der Waals surface area contributed by atoms with E-state index in [0.717, 1.165) is 17.8 Å². The van der Waals surface area contributed by atoms with Gasteiger partial charge in [-0.25, -0.2) is 4.98 Å². The zero-order valence-electron chi connectivity index (χ0n) is 14.6. The average molecular weight is 427 g/mol. The summed E-state index contributed by atoms with van der Waals surface area (Å²) in [6, 6.07) is 14.9. The summed E-state index contributed by atoms with van der Waals surface area (Å²) in [5, 5.41) is 9.77. The van der Waals surface area contributed by atoms with Gasteiger partial charge in [-0.3, -0.25) is 0 Å². The Balaban J connectivity index is 0.00000280. The lowest BCUT2D eigenvalue weighted by Gasteiger charge is -2.18. The number of nitrogens with two attached hydrogens (primary N) is 1. The van der Waals surface area contributed by atoms with E-state index in [1.807, 2.05) is 0 Å². The van der Waals surface area contributed by atoms with Gasteiger partial charge in [-0.05, 0) is 34.9 Å². The van der Waals surface area contributed by atoms with Crippen LogP contribution in [-0.2, 0) is 19.3 Å². The average Bonchev–Trinajstić information content (AvgIpc) is 2.68. The van der Waals surface area contributed by atoms with Gasteiger partial charge in [0.15, 0.2) is 0 Å². The fourth-order valence-electron chi connectivity index (χ4n) is 2.70. The fraction of sp³-hybridized carbons (Fsp3) is 0.150. The number of hydrogen-bond acceptors (Lipinski definition) is 4. The van der Waals surface area contributed by atoms with Gasteiger partial charge in [0.2, 0.25) is 0 Å². The number of halogens is 4. The van der Waals surface area contributed by atoms with Crippen molar-refractivity contribution in [2.24, 2.45) is 5.73 Å². The van der Waals surface area contributed by atoms with Crippen LogP contribution in [0.15, 0.2) is 70.7 Å². The Morgan fingerprint density at radius 1 is 0.964 bits per heavy atom. The van der Waals surface area contributed by atoms with Crippen molar-refractivity contribution >= 4 is 24.2 Å². The lowest BCUT2D eigenvalue weighted by Crippen LogP contribution is -2.11. The maximum Gasteiger partial charge on any atom is 0.417 e. The second-order valence-corrected chi connectivity index (χ2v) is 6.81. The van der Waals surface area contributed by atoms with Crippen molar-refractivity contribution in [2.45, 2.75) is 29.2 Å². The minimum atomic E-state index is -4.55. The third-order valence-corrected chi connectivity index (χ3v) is 5.26. The summed E-state index contributed by atoms with van der Waals surface area (Å²) in [7, 11) is 0. The molecule has 3 rings (SSSR count). The first-order chi connectivity index (χ1) is 12.9. The van der Waals surface area contributed by atoms with E-state index in [4.69, 9.17) is 5.73 Å². The van der Waals surface area contributed by atoms with Crippen LogP contribution in [-0.4, -0.2) is 10.1 Å². The molecule has 3 aromatic rings. The predicted molar refractivity (Wildman–Crippen MR) is 106 cm³/mol. The van der Waals surface area contributed by atoms with E-state index in [0.29, 0.717) is 27.3 Å². The van der Waals surface area contributed by atoms with Crippen LogP contribution < -0.4 is 5.73 Å². The third-order valence-electron chi connectivity index (χ3n) is 4.02. The molecule has 0 aliphatic heterocycles. The Hall–Kier alpha value is -2.06. The molecule has 2 aromatic carbocycles. The van der Waals surface area contributed by atoms with Crippen LogP contribution in [0.5, 0.6) is 0 Å². The van der Waals surface area contributed by atoms with E-state index < -0.39 is 11.7 Å². The van der Waals surface area contributed by atoms with Gasteiger partial charge < -0.3 is 10.8 Å². The monoisotopic (exact) mass is 426 g/mol. The summed E-state index contributed by atoms with van der Waals surface area (Å²) in [6.07, 6.45) is -3.07. The van der Waals surface area contributed by atoms with Gasteiger partial charge in [0.1, 0.15) is 5.03 Å². The number of benzene rings is 2. The molecule has 0 fully saturated rings. The molecule has 8 heteroatoms. The molecule has 0 aliphatic rings. The van der Waals surface area contributed by atoms with Gasteiger partial charge in [-0.2, -0.15) is 13.2 Å². The summed E-state index contributed by atoms with van der Waals surface area (Å²) >= 11 is 0.876. The Morgan fingerprint density at radius 2 is 1.68 bits per heavy atom. The Bertz CT molecular complexity index is 936. The van der Waals surface area contributed by atoms with Crippen molar-refractivity contribution in [3.8, 4) is 11.1 Å². The number of nitrogens with zero attached hydrogens (tertiary/aromatic N) is 1. The molecule has 0 unspecified atom stereocenters. The van der Waals surface area contributed by atoms with Crippen molar-refractivity contribution in [3.63, 3.8) is 0 Å². The number of aromatic nitrogens is 1. The maximum atomic E-state index is 13.8. The molecule has 3 nitrogen and oxygen atoms in total. The van der Waals surface area contributed by atoms with E-state index >= 15 is 0 Å². The van der Waals surface area contributed by atoms with Crippen LogP contribution in [0.4, 0.5) is 13.2 Å². The quantitative estimate of drug-likeness (QED) is 0.582. The van der Waals surface area contributed by atoms with Gasteiger partial charge in [0.25, 0.3) is 0 Å². The minimum absolute atomic E-state index is 0. The SMILES string of the molecule is Cl.NCc1cc(-c2ccccc2)cc(C(F)(F)F)c1Sc1ncccc1CO. The number of alkyl halides is 3. The number of rotatable bonds is 5. The molecule has 148 valence electrons. The van der Waals surface area contributed by atoms with Gasteiger partial charge in [-0.1, -0.05) is 48.2 Å². The largest absolute Gasteiger partial charge is 0.417 e. The topological polar surface area (TPSA) is 59.1 Å². The molecule has 0 radical (unpaired) electrons. The molecule has 0 bridgehead atoms. The summed E-state index contributed by atoms with van der Waals surface area (Å²) in [6.45, 7) is -0.356. The summed E-state index contributed by atoms with van der Waals surface area (Å²) in [4.78, 5) is 4.13. The zero-order valence-corrected chi connectivity index (χ0v) is 16.2. The predicted octanol–water partition coefficient (Wildman–Crippen LogP) is 5.29. The van der Waals surface area contributed by atoms with Gasteiger partial charge in [0, 0.05) is 23.2 Å². The Kier molecular flexibility index (Phi) is 7.48. The van der Waals surface area contributed by atoms with Crippen molar-refractivity contribution in [2.75, 3.05) is 0 Å². The second-order valence-electron chi connectivity index (χ2n) is 5.81.